The van der Waals surface area contributed by atoms with Gasteiger partial charge in [-0.05, 0) is 43.3 Å². The van der Waals surface area contributed by atoms with Gasteiger partial charge in [0.05, 0.1) is 18.0 Å². The molecule has 0 aromatic heterocycles. The first-order chi connectivity index (χ1) is 14.4. The van der Waals surface area contributed by atoms with Gasteiger partial charge in [0.2, 0.25) is 15.9 Å². The molecule has 1 aliphatic rings. The van der Waals surface area contributed by atoms with Crippen LogP contribution in [0.1, 0.15) is 13.3 Å². The Bertz CT molecular complexity index is 962. The van der Waals surface area contributed by atoms with Crippen LogP contribution in [0.4, 0.5) is 0 Å². The Morgan fingerprint density at radius 2 is 1.87 bits per heavy atom. The lowest BCUT2D eigenvalue weighted by Gasteiger charge is -2.29. The highest BCUT2D eigenvalue weighted by atomic mass is 32.2. The molecular weight excluding hydrogens is 408 g/mol. The number of sulfonamides is 1. The third kappa shape index (κ3) is 5.64. The first-order valence-electron chi connectivity index (χ1n) is 9.74. The lowest BCUT2D eigenvalue weighted by Crippen LogP contribution is -2.42. The molecule has 8 nitrogen and oxygen atoms in total. The second kappa shape index (κ2) is 9.82. The van der Waals surface area contributed by atoms with Gasteiger partial charge in [-0.15, -0.1) is 0 Å². The highest BCUT2D eigenvalue weighted by molar-refractivity contribution is 7.89. The molecule has 9 heteroatoms. The van der Waals surface area contributed by atoms with E-state index < -0.39 is 10.0 Å². The fraction of sp³-hybridized carbons (Fsp3) is 0.381. The van der Waals surface area contributed by atoms with Crippen LogP contribution in [0.5, 0.6) is 17.2 Å². The molecule has 0 unspecified atom stereocenters. The molecular formula is C21H26N2O6S. The number of carbonyl (C=O) groups is 1. The Labute approximate surface area is 176 Å². The van der Waals surface area contributed by atoms with E-state index in [2.05, 4.69) is 4.72 Å². The summed E-state index contributed by atoms with van der Waals surface area (Å²) in [6.45, 7) is 3.05. The smallest absolute Gasteiger partial charge is 0.240 e. The summed E-state index contributed by atoms with van der Waals surface area (Å²) in [5.74, 6) is 1.75. The molecule has 0 saturated heterocycles. The number of hydrogen-bond donors (Lipinski definition) is 1. The number of ether oxygens (including phenoxy) is 3. The Morgan fingerprint density at radius 1 is 1.17 bits per heavy atom. The van der Waals surface area contributed by atoms with Crippen molar-refractivity contribution < 1.29 is 27.4 Å². The normalized spacial score (nSPS) is 15.5. The van der Waals surface area contributed by atoms with Crippen LogP contribution in [-0.4, -0.2) is 58.7 Å². The Hall–Kier alpha value is -2.78. The van der Waals surface area contributed by atoms with E-state index in [4.69, 9.17) is 14.2 Å². The van der Waals surface area contributed by atoms with E-state index in [0.29, 0.717) is 37.0 Å². The minimum atomic E-state index is -3.69. The van der Waals surface area contributed by atoms with E-state index >= 15 is 0 Å². The summed E-state index contributed by atoms with van der Waals surface area (Å²) in [6.07, 6.45) is -0.244. The van der Waals surface area contributed by atoms with Crippen molar-refractivity contribution in [3.05, 3.63) is 48.5 Å². The van der Waals surface area contributed by atoms with Gasteiger partial charge in [0.25, 0.3) is 0 Å². The fourth-order valence-corrected chi connectivity index (χ4v) is 4.04. The van der Waals surface area contributed by atoms with Crippen molar-refractivity contribution in [2.75, 3.05) is 33.4 Å². The zero-order valence-electron chi connectivity index (χ0n) is 17.0. The van der Waals surface area contributed by atoms with Crippen molar-refractivity contribution in [3.8, 4) is 17.2 Å². The molecule has 1 N–H and O–H groups in total. The summed E-state index contributed by atoms with van der Waals surface area (Å²) < 4.78 is 44.0. The zero-order valence-corrected chi connectivity index (χ0v) is 17.9. The van der Waals surface area contributed by atoms with E-state index in [-0.39, 0.29) is 29.9 Å². The summed E-state index contributed by atoms with van der Waals surface area (Å²) in [4.78, 5) is 14.0. The van der Waals surface area contributed by atoms with Gasteiger partial charge in [0, 0.05) is 20.0 Å². The Kier molecular flexibility index (Phi) is 7.17. The van der Waals surface area contributed by atoms with E-state index in [1.165, 1.54) is 17.0 Å². The second-order valence-electron chi connectivity index (χ2n) is 6.82. The number of amides is 1. The first-order valence-corrected chi connectivity index (χ1v) is 11.2. The summed E-state index contributed by atoms with van der Waals surface area (Å²) in [6, 6.07) is 13.5. The van der Waals surface area contributed by atoms with Gasteiger partial charge in [-0.3, -0.25) is 4.79 Å². The van der Waals surface area contributed by atoms with Crippen molar-refractivity contribution in [2.45, 2.75) is 24.3 Å². The van der Waals surface area contributed by atoms with Crippen molar-refractivity contribution in [1.29, 1.82) is 0 Å². The van der Waals surface area contributed by atoms with E-state index in [1.807, 2.05) is 31.2 Å². The monoisotopic (exact) mass is 434 g/mol. The third-order valence-corrected chi connectivity index (χ3v) is 6.02. The van der Waals surface area contributed by atoms with Crippen molar-refractivity contribution >= 4 is 15.9 Å². The highest BCUT2D eigenvalue weighted by Crippen LogP contribution is 2.30. The van der Waals surface area contributed by atoms with Crippen LogP contribution in [0, 0.1) is 0 Å². The van der Waals surface area contributed by atoms with Crippen LogP contribution >= 0.6 is 0 Å². The molecule has 1 heterocycles. The SMILES string of the molecule is CCOc1ccc(S(=O)(=O)NCCC(=O)N(C)C[C@H]2COc3ccccc3O2)cc1. The molecule has 1 amide bonds. The number of hydrogen-bond acceptors (Lipinski definition) is 6. The molecule has 2 aromatic rings. The van der Waals surface area contributed by atoms with Crippen molar-refractivity contribution in [1.82, 2.24) is 9.62 Å². The Morgan fingerprint density at radius 3 is 2.57 bits per heavy atom. The number of rotatable bonds is 9. The van der Waals surface area contributed by atoms with Crippen molar-refractivity contribution in [3.63, 3.8) is 0 Å². The van der Waals surface area contributed by atoms with E-state index in [9.17, 15) is 13.2 Å². The number of nitrogens with zero attached hydrogens (tertiary/aromatic N) is 1. The number of carbonyl (C=O) groups excluding carboxylic acids is 1. The lowest BCUT2D eigenvalue weighted by atomic mass is 10.2. The largest absolute Gasteiger partial charge is 0.494 e. The third-order valence-electron chi connectivity index (χ3n) is 4.55. The van der Waals surface area contributed by atoms with Gasteiger partial charge in [0.15, 0.2) is 17.6 Å². The fourth-order valence-electron chi connectivity index (χ4n) is 3.01. The number of benzene rings is 2. The molecule has 3 rings (SSSR count). The minimum absolute atomic E-state index is 0.00355. The summed E-state index contributed by atoms with van der Waals surface area (Å²) in [7, 11) is -2.04. The molecule has 0 aliphatic carbocycles. The van der Waals surface area contributed by atoms with Gasteiger partial charge >= 0.3 is 0 Å². The van der Waals surface area contributed by atoms with Gasteiger partial charge in [-0.25, -0.2) is 13.1 Å². The van der Waals surface area contributed by atoms with Gasteiger partial charge in [-0.2, -0.15) is 0 Å². The van der Waals surface area contributed by atoms with E-state index in [0.717, 1.165) is 0 Å². The quantitative estimate of drug-likeness (QED) is 0.649. The Balaban J connectivity index is 1.45. The predicted octanol–water partition coefficient (Wildman–Crippen LogP) is 2.05. The van der Waals surface area contributed by atoms with Gasteiger partial charge < -0.3 is 19.1 Å². The predicted molar refractivity (Wildman–Crippen MR) is 111 cm³/mol. The van der Waals surface area contributed by atoms with Crippen LogP contribution in [0.15, 0.2) is 53.4 Å². The minimum Gasteiger partial charge on any atom is -0.494 e. The van der Waals surface area contributed by atoms with Gasteiger partial charge in [-0.1, -0.05) is 12.1 Å². The molecule has 0 fully saturated rings. The molecule has 0 spiro atoms. The van der Waals surface area contributed by atoms with Gasteiger partial charge in [0.1, 0.15) is 12.4 Å². The van der Waals surface area contributed by atoms with Crippen LogP contribution in [-0.2, 0) is 14.8 Å². The molecule has 162 valence electrons. The van der Waals surface area contributed by atoms with Crippen molar-refractivity contribution in [2.24, 2.45) is 0 Å². The number of nitrogens with one attached hydrogen (secondary N) is 1. The molecule has 1 aliphatic heterocycles. The standard InChI is InChI=1S/C21H26N2O6S/c1-3-27-16-8-10-18(11-9-16)30(25,26)22-13-12-21(24)23(2)14-17-15-28-19-6-4-5-7-20(19)29-17/h4-11,17,22H,3,12-15H2,1-2H3/t17-/m0/s1. The summed E-state index contributed by atoms with van der Waals surface area (Å²) in [5, 5.41) is 0. The number of fused-ring (bicyclic) bond motifs is 1. The van der Waals surface area contributed by atoms with Crippen LogP contribution < -0.4 is 18.9 Å². The molecule has 30 heavy (non-hydrogen) atoms. The molecule has 1 atom stereocenters. The molecule has 2 aromatic carbocycles. The maximum absolute atomic E-state index is 12.4. The van der Waals surface area contributed by atoms with Crippen LogP contribution in [0.25, 0.3) is 0 Å². The lowest BCUT2D eigenvalue weighted by molar-refractivity contribution is -0.131. The molecule has 0 bridgehead atoms. The average Bonchev–Trinajstić information content (AvgIpc) is 2.74. The average molecular weight is 435 g/mol. The van der Waals surface area contributed by atoms with E-state index in [1.54, 1.807) is 19.2 Å². The number of para-hydroxylation sites is 2. The first kappa shape index (κ1) is 21.9. The topological polar surface area (TPSA) is 94.2 Å². The van der Waals surface area contributed by atoms with Crippen LogP contribution in [0.2, 0.25) is 0 Å². The highest BCUT2D eigenvalue weighted by Gasteiger charge is 2.24. The second-order valence-corrected chi connectivity index (χ2v) is 8.59. The van der Waals surface area contributed by atoms with Crippen LogP contribution in [0.3, 0.4) is 0 Å². The molecule has 0 radical (unpaired) electrons. The summed E-state index contributed by atoms with van der Waals surface area (Å²) in [5.41, 5.74) is 0. The summed E-state index contributed by atoms with van der Waals surface area (Å²) >= 11 is 0. The molecule has 0 saturated carbocycles. The number of likely N-dealkylation sites (N-methyl/N-ethyl adjacent to an activating group) is 1. The zero-order chi connectivity index (χ0) is 21.6. The maximum atomic E-state index is 12.4. The maximum Gasteiger partial charge on any atom is 0.240 e.